The molecular formula is C11H14N4O. The van der Waals surface area contributed by atoms with Gasteiger partial charge >= 0.3 is 0 Å². The first kappa shape index (κ1) is 10.6. The third kappa shape index (κ3) is 1.64. The van der Waals surface area contributed by atoms with Gasteiger partial charge in [-0.05, 0) is 31.5 Å². The summed E-state index contributed by atoms with van der Waals surface area (Å²) in [4.78, 5) is 20.0. The zero-order valence-electron chi connectivity index (χ0n) is 9.32. The van der Waals surface area contributed by atoms with E-state index in [0.717, 1.165) is 5.56 Å². The van der Waals surface area contributed by atoms with Crippen molar-refractivity contribution >= 4 is 11.9 Å². The molecule has 0 radical (unpaired) electrons. The Balaban J connectivity index is 2.34. The number of carbonyl (C=O) groups excluding carboxylic acids is 1. The van der Waals surface area contributed by atoms with Crippen molar-refractivity contribution in [3.05, 3.63) is 30.1 Å². The van der Waals surface area contributed by atoms with Crippen LogP contribution in [0.4, 0.5) is 0 Å². The van der Waals surface area contributed by atoms with Crippen molar-refractivity contribution in [1.29, 1.82) is 0 Å². The fraction of sp³-hybridized carbons (Fsp3) is 0.364. The van der Waals surface area contributed by atoms with Crippen LogP contribution in [0.15, 0.2) is 29.5 Å². The molecule has 1 aliphatic heterocycles. The quantitative estimate of drug-likeness (QED) is 0.754. The standard InChI is InChI=1S/C11H14N4O/c1-3-13-10-14-9(16)11(2,15-10)8-4-6-12-7-5-8/h4-7H,3H2,1-2H3,(H2,13,14,15,16). The SMILES string of the molecule is CCN=C1NC(=O)C(C)(c2ccncc2)N1. The second kappa shape index (κ2) is 3.92. The van der Waals surface area contributed by atoms with Gasteiger partial charge in [0.1, 0.15) is 5.54 Å². The lowest BCUT2D eigenvalue weighted by atomic mass is 9.93. The molecule has 0 aromatic carbocycles. The van der Waals surface area contributed by atoms with E-state index in [2.05, 4.69) is 20.6 Å². The normalized spacial score (nSPS) is 26.6. The van der Waals surface area contributed by atoms with Crippen LogP contribution in [0.5, 0.6) is 0 Å². The number of pyridine rings is 1. The highest BCUT2D eigenvalue weighted by Gasteiger charge is 2.42. The van der Waals surface area contributed by atoms with Crippen molar-refractivity contribution in [2.24, 2.45) is 4.99 Å². The van der Waals surface area contributed by atoms with E-state index in [9.17, 15) is 4.79 Å². The van der Waals surface area contributed by atoms with Crippen molar-refractivity contribution in [2.75, 3.05) is 6.54 Å². The lowest BCUT2D eigenvalue weighted by Crippen LogP contribution is -2.40. The Morgan fingerprint density at radius 2 is 2.12 bits per heavy atom. The molecule has 2 N–H and O–H groups in total. The molecule has 16 heavy (non-hydrogen) atoms. The molecule has 1 fully saturated rings. The van der Waals surface area contributed by atoms with E-state index >= 15 is 0 Å². The molecule has 2 rings (SSSR count). The third-order valence-corrected chi connectivity index (χ3v) is 2.63. The molecule has 1 atom stereocenters. The number of aliphatic imine (C=N–C) groups is 1. The van der Waals surface area contributed by atoms with Gasteiger partial charge in [0.25, 0.3) is 5.91 Å². The lowest BCUT2D eigenvalue weighted by molar-refractivity contribution is -0.123. The number of nitrogens with one attached hydrogen (secondary N) is 2. The predicted molar refractivity (Wildman–Crippen MR) is 60.8 cm³/mol. The highest BCUT2D eigenvalue weighted by molar-refractivity contribution is 6.09. The molecule has 5 nitrogen and oxygen atoms in total. The number of rotatable bonds is 2. The van der Waals surface area contributed by atoms with E-state index in [1.54, 1.807) is 12.4 Å². The molecule has 0 aliphatic carbocycles. The Morgan fingerprint density at radius 3 is 2.75 bits per heavy atom. The molecule has 2 heterocycles. The Labute approximate surface area is 94.0 Å². The topological polar surface area (TPSA) is 66.4 Å². The largest absolute Gasteiger partial charge is 0.338 e. The van der Waals surface area contributed by atoms with Crippen molar-refractivity contribution in [3.8, 4) is 0 Å². The van der Waals surface area contributed by atoms with Crippen LogP contribution in [0.25, 0.3) is 0 Å². The lowest BCUT2D eigenvalue weighted by Gasteiger charge is -2.21. The van der Waals surface area contributed by atoms with Gasteiger partial charge in [0.15, 0.2) is 5.96 Å². The van der Waals surface area contributed by atoms with Crippen LogP contribution in [0, 0.1) is 0 Å². The van der Waals surface area contributed by atoms with Crippen LogP contribution in [0.3, 0.4) is 0 Å². The van der Waals surface area contributed by atoms with Crippen LogP contribution in [0.2, 0.25) is 0 Å². The van der Waals surface area contributed by atoms with Gasteiger partial charge in [0.05, 0.1) is 0 Å². The van der Waals surface area contributed by atoms with E-state index in [1.165, 1.54) is 0 Å². The van der Waals surface area contributed by atoms with Crippen molar-refractivity contribution in [2.45, 2.75) is 19.4 Å². The number of aromatic nitrogens is 1. The summed E-state index contributed by atoms with van der Waals surface area (Å²) in [6, 6.07) is 3.64. The predicted octanol–water partition coefficient (Wildman–Crippen LogP) is 0.392. The summed E-state index contributed by atoms with van der Waals surface area (Å²) in [5.41, 5.74) is 0.123. The minimum atomic E-state index is -0.753. The summed E-state index contributed by atoms with van der Waals surface area (Å²) in [5.74, 6) is 0.442. The van der Waals surface area contributed by atoms with Crippen molar-refractivity contribution in [3.63, 3.8) is 0 Å². The molecule has 0 saturated carbocycles. The minimum absolute atomic E-state index is 0.0918. The van der Waals surface area contributed by atoms with Crippen molar-refractivity contribution < 1.29 is 4.79 Å². The Morgan fingerprint density at radius 1 is 1.44 bits per heavy atom. The highest BCUT2D eigenvalue weighted by atomic mass is 16.2. The zero-order chi connectivity index (χ0) is 11.6. The summed E-state index contributed by atoms with van der Waals surface area (Å²) in [5, 5.41) is 5.82. The van der Waals surface area contributed by atoms with Gasteiger partial charge in [-0.25, -0.2) is 0 Å². The third-order valence-electron chi connectivity index (χ3n) is 2.63. The molecule has 1 aliphatic rings. The maximum atomic E-state index is 11.9. The first-order chi connectivity index (χ1) is 7.66. The van der Waals surface area contributed by atoms with Crippen LogP contribution >= 0.6 is 0 Å². The minimum Gasteiger partial charge on any atom is -0.338 e. The van der Waals surface area contributed by atoms with E-state index in [-0.39, 0.29) is 5.91 Å². The number of amides is 1. The van der Waals surface area contributed by atoms with Crippen molar-refractivity contribution in [1.82, 2.24) is 15.6 Å². The fourth-order valence-corrected chi connectivity index (χ4v) is 1.68. The number of nitrogens with zero attached hydrogens (tertiary/aromatic N) is 2. The van der Waals surface area contributed by atoms with Gasteiger partial charge in [0, 0.05) is 18.9 Å². The van der Waals surface area contributed by atoms with E-state index in [4.69, 9.17) is 0 Å². The van der Waals surface area contributed by atoms with Gasteiger partial charge in [0.2, 0.25) is 0 Å². The highest BCUT2D eigenvalue weighted by Crippen LogP contribution is 2.23. The monoisotopic (exact) mass is 218 g/mol. The van der Waals surface area contributed by atoms with Crippen LogP contribution < -0.4 is 10.6 Å². The van der Waals surface area contributed by atoms with E-state index < -0.39 is 5.54 Å². The molecule has 0 spiro atoms. The summed E-state index contributed by atoms with van der Waals surface area (Å²) in [6.45, 7) is 4.38. The molecule has 1 amide bonds. The summed E-state index contributed by atoms with van der Waals surface area (Å²) in [6.07, 6.45) is 3.34. The average molecular weight is 218 g/mol. The van der Waals surface area contributed by atoms with Gasteiger partial charge < -0.3 is 5.32 Å². The zero-order valence-corrected chi connectivity index (χ0v) is 9.32. The fourth-order valence-electron chi connectivity index (χ4n) is 1.68. The van der Waals surface area contributed by atoms with Gasteiger partial charge in [-0.2, -0.15) is 0 Å². The van der Waals surface area contributed by atoms with Gasteiger partial charge in [-0.3, -0.25) is 20.1 Å². The maximum absolute atomic E-state index is 11.9. The Kier molecular flexibility index (Phi) is 2.60. The molecular weight excluding hydrogens is 204 g/mol. The molecule has 1 unspecified atom stereocenters. The first-order valence-electron chi connectivity index (χ1n) is 5.21. The van der Waals surface area contributed by atoms with Crippen LogP contribution in [0.1, 0.15) is 19.4 Å². The van der Waals surface area contributed by atoms with Gasteiger partial charge in [-0.15, -0.1) is 0 Å². The Bertz CT molecular complexity index is 429. The van der Waals surface area contributed by atoms with Gasteiger partial charge in [-0.1, -0.05) is 0 Å². The number of hydrogen-bond acceptors (Lipinski definition) is 3. The maximum Gasteiger partial charge on any atom is 0.256 e. The van der Waals surface area contributed by atoms with E-state index in [1.807, 2.05) is 26.0 Å². The smallest absolute Gasteiger partial charge is 0.256 e. The summed E-state index contributed by atoms with van der Waals surface area (Å²) in [7, 11) is 0. The first-order valence-corrected chi connectivity index (χ1v) is 5.21. The van der Waals surface area contributed by atoms with Crippen LogP contribution in [-0.2, 0) is 10.3 Å². The second-order valence-electron chi connectivity index (χ2n) is 3.76. The molecule has 1 saturated heterocycles. The van der Waals surface area contributed by atoms with Crippen LogP contribution in [-0.4, -0.2) is 23.4 Å². The summed E-state index contributed by atoms with van der Waals surface area (Å²) < 4.78 is 0. The number of guanidine groups is 1. The Hall–Kier alpha value is -1.91. The average Bonchev–Trinajstić information content (AvgIpc) is 2.57. The molecule has 1 aromatic rings. The second-order valence-corrected chi connectivity index (χ2v) is 3.76. The molecule has 5 heteroatoms. The summed E-state index contributed by atoms with van der Waals surface area (Å²) >= 11 is 0. The number of carbonyl (C=O) groups is 1. The molecule has 84 valence electrons. The molecule has 0 bridgehead atoms. The number of hydrogen-bond donors (Lipinski definition) is 2. The van der Waals surface area contributed by atoms with E-state index in [0.29, 0.717) is 12.5 Å². The molecule has 1 aromatic heterocycles.